The lowest BCUT2D eigenvalue weighted by atomic mass is 10.4. The van der Waals surface area contributed by atoms with E-state index < -0.39 is 0 Å². The first kappa shape index (κ1) is 11.4. The fraction of sp³-hybridized carbons (Fsp3) is 0.182. The Morgan fingerprint density at radius 1 is 1.50 bits per heavy atom. The standard InChI is InChI=1S/C11H11BrN2OS/c1-15-9-3-2-5-13-11(9)14-7-10-8(12)4-6-16-10/h2-6H,7H2,1H3,(H,13,14). The van der Waals surface area contributed by atoms with Crippen LogP contribution in [0.2, 0.25) is 0 Å². The number of thiophene rings is 1. The number of rotatable bonds is 4. The van der Waals surface area contributed by atoms with Crippen LogP contribution in [0.5, 0.6) is 5.75 Å². The summed E-state index contributed by atoms with van der Waals surface area (Å²) in [5, 5.41) is 5.30. The molecule has 0 unspecified atom stereocenters. The van der Waals surface area contributed by atoms with Gasteiger partial charge >= 0.3 is 0 Å². The van der Waals surface area contributed by atoms with Crippen molar-refractivity contribution in [1.29, 1.82) is 0 Å². The Balaban J connectivity index is 2.07. The molecular formula is C11H11BrN2OS. The van der Waals surface area contributed by atoms with Crippen molar-refractivity contribution in [2.45, 2.75) is 6.54 Å². The summed E-state index contributed by atoms with van der Waals surface area (Å²) in [5.74, 6) is 1.53. The van der Waals surface area contributed by atoms with Gasteiger partial charge in [-0.2, -0.15) is 0 Å². The summed E-state index contributed by atoms with van der Waals surface area (Å²) in [4.78, 5) is 5.48. The number of methoxy groups -OCH3 is 1. The zero-order valence-electron chi connectivity index (χ0n) is 8.74. The normalized spacial score (nSPS) is 10.1. The van der Waals surface area contributed by atoms with Crippen LogP contribution in [0, 0.1) is 0 Å². The predicted molar refractivity (Wildman–Crippen MR) is 70.1 cm³/mol. The first-order valence-corrected chi connectivity index (χ1v) is 6.43. The number of pyridine rings is 1. The molecule has 0 radical (unpaired) electrons. The first-order chi connectivity index (χ1) is 7.81. The molecule has 2 aromatic heterocycles. The lowest BCUT2D eigenvalue weighted by Gasteiger charge is -2.08. The molecule has 0 aromatic carbocycles. The minimum absolute atomic E-state index is 0.742. The first-order valence-electron chi connectivity index (χ1n) is 4.76. The number of halogens is 1. The minimum atomic E-state index is 0.742. The number of ether oxygens (including phenoxy) is 1. The van der Waals surface area contributed by atoms with Gasteiger partial charge in [-0.3, -0.25) is 0 Å². The van der Waals surface area contributed by atoms with Crippen LogP contribution in [0.3, 0.4) is 0 Å². The van der Waals surface area contributed by atoms with Gasteiger partial charge in [-0.25, -0.2) is 4.98 Å². The van der Waals surface area contributed by atoms with E-state index in [9.17, 15) is 0 Å². The minimum Gasteiger partial charge on any atom is -0.493 e. The summed E-state index contributed by atoms with van der Waals surface area (Å²) in [6, 6.07) is 5.78. The van der Waals surface area contributed by atoms with Crippen molar-refractivity contribution in [1.82, 2.24) is 4.98 Å². The highest BCUT2D eigenvalue weighted by Crippen LogP contribution is 2.25. The van der Waals surface area contributed by atoms with Crippen molar-refractivity contribution in [3.8, 4) is 5.75 Å². The SMILES string of the molecule is COc1cccnc1NCc1sccc1Br. The van der Waals surface area contributed by atoms with Crippen LogP contribution in [0.15, 0.2) is 34.2 Å². The topological polar surface area (TPSA) is 34.1 Å². The summed E-state index contributed by atoms with van der Waals surface area (Å²) < 4.78 is 6.34. The van der Waals surface area contributed by atoms with Gasteiger partial charge in [0.2, 0.25) is 0 Å². The maximum absolute atomic E-state index is 5.21. The highest BCUT2D eigenvalue weighted by Gasteiger charge is 2.05. The van der Waals surface area contributed by atoms with Gasteiger partial charge in [0, 0.05) is 15.5 Å². The molecular weight excluding hydrogens is 288 g/mol. The lowest BCUT2D eigenvalue weighted by molar-refractivity contribution is 0.415. The molecule has 1 N–H and O–H groups in total. The van der Waals surface area contributed by atoms with Crippen molar-refractivity contribution in [2.24, 2.45) is 0 Å². The Labute approximate surface area is 107 Å². The van der Waals surface area contributed by atoms with E-state index >= 15 is 0 Å². The predicted octanol–water partition coefficient (Wildman–Crippen LogP) is 3.53. The van der Waals surface area contributed by atoms with Gasteiger partial charge in [0.25, 0.3) is 0 Å². The van der Waals surface area contributed by atoms with E-state index in [2.05, 4.69) is 31.6 Å². The number of hydrogen-bond donors (Lipinski definition) is 1. The molecule has 2 rings (SSSR count). The molecule has 0 bridgehead atoms. The molecule has 0 amide bonds. The molecule has 0 aliphatic heterocycles. The number of anilines is 1. The van der Waals surface area contributed by atoms with E-state index in [0.717, 1.165) is 22.6 Å². The van der Waals surface area contributed by atoms with Crippen molar-refractivity contribution < 1.29 is 4.74 Å². The number of nitrogens with zero attached hydrogens (tertiary/aromatic N) is 1. The second-order valence-electron chi connectivity index (χ2n) is 3.10. The second kappa shape index (κ2) is 5.32. The van der Waals surface area contributed by atoms with E-state index in [1.54, 1.807) is 24.6 Å². The number of hydrogen-bond acceptors (Lipinski definition) is 4. The smallest absolute Gasteiger partial charge is 0.169 e. The molecule has 0 aliphatic rings. The molecule has 0 saturated heterocycles. The molecule has 0 saturated carbocycles. The zero-order chi connectivity index (χ0) is 11.4. The number of nitrogens with one attached hydrogen (secondary N) is 1. The quantitative estimate of drug-likeness (QED) is 0.938. The Morgan fingerprint density at radius 3 is 3.06 bits per heavy atom. The zero-order valence-corrected chi connectivity index (χ0v) is 11.1. The molecule has 5 heteroatoms. The van der Waals surface area contributed by atoms with Gasteiger partial charge in [0.1, 0.15) is 0 Å². The summed E-state index contributed by atoms with van der Waals surface area (Å²) in [6.45, 7) is 0.742. The van der Waals surface area contributed by atoms with Crippen LogP contribution in [0.4, 0.5) is 5.82 Å². The molecule has 0 aliphatic carbocycles. The third-order valence-corrected chi connectivity index (χ3v) is 4.02. The van der Waals surface area contributed by atoms with E-state index in [0.29, 0.717) is 0 Å². The van der Waals surface area contributed by atoms with Crippen LogP contribution < -0.4 is 10.1 Å². The van der Waals surface area contributed by atoms with Gasteiger partial charge in [0.15, 0.2) is 11.6 Å². The largest absolute Gasteiger partial charge is 0.493 e. The van der Waals surface area contributed by atoms with Crippen LogP contribution >= 0.6 is 27.3 Å². The van der Waals surface area contributed by atoms with E-state index in [-0.39, 0.29) is 0 Å². The Bertz CT molecular complexity index is 473. The van der Waals surface area contributed by atoms with Crippen molar-refractivity contribution in [3.63, 3.8) is 0 Å². The number of aromatic nitrogens is 1. The summed E-state index contributed by atoms with van der Waals surface area (Å²) in [7, 11) is 1.64. The molecule has 2 aromatic rings. The van der Waals surface area contributed by atoms with Gasteiger partial charge in [-0.05, 0) is 39.5 Å². The third-order valence-electron chi connectivity index (χ3n) is 2.10. The summed E-state index contributed by atoms with van der Waals surface area (Å²) in [5.41, 5.74) is 0. The lowest BCUT2D eigenvalue weighted by Crippen LogP contribution is -2.02. The molecule has 0 atom stereocenters. The second-order valence-corrected chi connectivity index (χ2v) is 4.95. The maximum Gasteiger partial charge on any atom is 0.169 e. The van der Waals surface area contributed by atoms with Crippen LogP contribution in [0.25, 0.3) is 0 Å². The van der Waals surface area contributed by atoms with E-state index in [4.69, 9.17) is 4.74 Å². The molecule has 3 nitrogen and oxygen atoms in total. The Hall–Kier alpha value is -1.07. The van der Waals surface area contributed by atoms with Gasteiger partial charge in [-0.1, -0.05) is 0 Å². The van der Waals surface area contributed by atoms with Crippen LogP contribution in [0.1, 0.15) is 4.88 Å². The average Bonchev–Trinajstić information content (AvgIpc) is 2.72. The van der Waals surface area contributed by atoms with Gasteiger partial charge in [-0.15, -0.1) is 11.3 Å². The Morgan fingerprint density at radius 2 is 2.38 bits per heavy atom. The summed E-state index contributed by atoms with van der Waals surface area (Å²) in [6.07, 6.45) is 1.74. The van der Waals surface area contributed by atoms with Crippen molar-refractivity contribution in [3.05, 3.63) is 39.1 Å². The van der Waals surface area contributed by atoms with Gasteiger partial charge < -0.3 is 10.1 Å². The fourth-order valence-electron chi connectivity index (χ4n) is 1.30. The molecule has 0 spiro atoms. The highest BCUT2D eigenvalue weighted by molar-refractivity contribution is 9.10. The monoisotopic (exact) mass is 298 g/mol. The third kappa shape index (κ3) is 2.54. The Kier molecular flexibility index (Phi) is 3.79. The van der Waals surface area contributed by atoms with Crippen LogP contribution in [-0.4, -0.2) is 12.1 Å². The average molecular weight is 299 g/mol. The molecule has 16 heavy (non-hydrogen) atoms. The van der Waals surface area contributed by atoms with Crippen molar-refractivity contribution in [2.75, 3.05) is 12.4 Å². The van der Waals surface area contributed by atoms with Gasteiger partial charge in [0.05, 0.1) is 13.7 Å². The maximum atomic E-state index is 5.21. The molecule has 84 valence electrons. The molecule has 2 heterocycles. The fourth-order valence-corrected chi connectivity index (χ4v) is 2.74. The highest BCUT2D eigenvalue weighted by atomic mass is 79.9. The van der Waals surface area contributed by atoms with Crippen molar-refractivity contribution >= 4 is 33.1 Å². The van der Waals surface area contributed by atoms with E-state index in [1.807, 2.05) is 18.2 Å². The summed E-state index contributed by atoms with van der Waals surface area (Å²) >= 11 is 5.20. The van der Waals surface area contributed by atoms with Crippen LogP contribution in [-0.2, 0) is 6.54 Å². The van der Waals surface area contributed by atoms with E-state index in [1.165, 1.54) is 4.88 Å². The molecule has 0 fully saturated rings.